The van der Waals surface area contributed by atoms with Gasteiger partial charge >= 0.3 is 5.97 Å². The molecule has 0 saturated carbocycles. The van der Waals surface area contributed by atoms with E-state index in [-0.39, 0.29) is 0 Å². The van der Waals surface area contributed by atoms with Crippen molar-refractivity contribution in [3.05, 3.63) is 59.7 Å². The first-order valence-corrected chi connectivity index (χ1v) is 7.04. The monoisotopic (exact) mass is 301 g/mol. The SMILES string of the molecule is CCOc1cccc(C(N)C(=O)O)c1OCc1ccccc1. The zero-order valence-electron chi connectivity index (χ0n) is 12.4. The number of carbonyl (C=O) groups is 1. The van der Waals surface area contributed by atoms with Crippen molar-refractivity contribution in [3.8, 4) is 11.5 Å². The van der Waals surface area contributed by atoms with Crippen molar-refractivity contribution in [2.75, 3.05) is 6.61 Å². The summed E-state index contributed by atoms with van der Waals surface area (Å²) < 4.78 is 11.3. The highest BCUT2D eigenvalue weighted by atomic mass is 16.5. The van der Waals surface area contributed by atoms with Crippen LogP contribution < -0.4 is 15.2 Å². The Morgan fingerprint density at radius 2 is 1.86 bits per heavy atom. The smallest absolute Gasteiger partial charge is 0.325 e. The second-order valence-corrected chi connectivity index (χ2v) is 4.70. The van der Waals surface area contributed by atoms with E-state index >= 15 is 0 Å². The van der Waals surface area contributed by atoms with Crippen molar-refractivity contribution >= 4 is 5.97 Å². The summed E-state index contributed by atoms with van der Waals surface area (Å²) in [6.45, 7) is 2.61. The minimum Gasteiger partial charge on any atom is -0.490 e. The van der Waals surface area contributed by atoms with Crippen LogP contribution in [-0.4, -0.2) is 17.7 Å². The number of benzene rings is 2. The third-order valence-corrected chi connectivity index (χ3v) is 3.14. The van der Waals surface area contributed by atoms with E-state index in [1.807, 2.05) is 37.3 Å². The van der Waals surface area contributed by atoms with Gasteiger partial charge in [0.05, 0.1) is 6.61 Å². The standard InChI is InChI=1S/C17H19NO4/c1-2-21-14-10-6-9-13(15(18)17(19)20)16(14)22-11-12-7-4-3-5-8-12/h3-10,15H,2,11,18H2,1H3,(H,19,20). The second kappa shape index (κ2) is 7.47. The maximum absolute atomic E-state index is 11.2. The molecule has 0 saturated heterocycles. The third kappa shape index (κ3) is 3.77. The Hall–Kier alpha value is -2.53. The molecule has 0 aliphatic carbocycles. The van der Waals surface area contributed by atoms with Crippen molar-refractivity contribution in [3.63, 3.8) is 0 Å². The molecule has 0 spiro atoms. The Labute approximate surface area is 129 Å². The van der Waals surface area contributed by atoms with E-state index in [2.05, 4.69) is 0 Å². The molecule has 0 aromatic heterocycles. The van der Waals surface area contributed by atoms with Crippen molar-refractivity contribution in [1.29, 1.82) is 0 Å². The van der Waals surface area contributed by atoms with Crippen molar-refractivity contribution < 1.29 is 19.4 Å². The van der Waals surface area contributed by atoms with Gasteiger partial charge in [-0.15, -0.1) is 0 Å². The van der Waals surface area contributed by atoms with Crippen LogP contribution in [0.3, 0.4) is 0 Å². The second-order valence-electron chi connectivity index (χ2n) is 4.70. The molecular weight excluding hydrogens is 282 g/mol. The fourth-order valence-electron chi connectivity index (χ4n) is 2.06. The molecule has 2 aromatic rings. The molecule has 3 N–H and O–H groups in total. The summed E-state index contributed by atoms with van der Waals surface area (Å²) in [7, 11) is 0. The van der Waals surface area contributed by atoms with Crippen LogP contribution in [0.25, 0.3) is 0 Å². The van der Waals surface area contributed by atoms with E-state index in [4.69, 9.17) is 20.3 Å². The summed E-state index contributed by atoms with van der Waals surface area (Å²) in [5.41, 5.74) is 7.11. The van der Waals surface area contributed by atoms with Gasteiger partial charge in [-0.05, 0) is 18.6 Å². The molecule has 22 heavy (non-hydrogen) atoms. The van der Waals surface area contributed by atoms with Gasteiger partial charge in [0, 0.05) is 5.56 Å². The van der Waals surface area contributed by atoms with E-state index in [0.29, 0.717) is 30.3 Å². The van der Waals surface area contributed by atoms with Gasteiger partial charge in [0.2, 0.25) is 0 Å². The lowest BCUT2D eigenvalue weighted by atomic mass is 10.1. The van der Waals surface area contributed by atoms with Crippen molar-refractivity contribution in [2.45, 2.75) is 19.6 Å². The van der Waals surface area contributed by atoms with Crippen LogP contribution in [0.1, 0.15) is 24.1 Å². The molecule has 0 heterocycles. The molecule has 2 rings (SSSR count). The average molecular weight is 301 g/mol. The predicted molar refractivity (Wildman–Crippen MR) is 82.9 cm³/mol. The number of ether oxygens (including phenoxy) is 2. The van der Waals surface area contributed by atoms with Crippen LogP contribution in [0.15, 0.2) is 48.5 Å². The molecule has 0 aliphatic heterocycles. The average Bonchev–Trinajstić information content (AvgIpc) is 2.54. The summed E-state index contributed by atoms with van der Waals surface area (Å²) >= 11 is 0. The van der Waals surface area contributed by atoms with Crippen LogP contribution in [0.2, 0.25) is 0 Å². The zero-order valence-corrected chi connectivity index (χ0v) is 12.4. The first-order chi connectivity index (χ1) is 10.6. The van der Waals surface area contributed by atoms with Crippen LogP contribution >= 0.6 is 0 Å². The molecule has 5 heteroatoms. The Kier molecular flexibility index (Phi) is 5.38. The lowest BCUT2D eigenvalue weighted by molar-refractivity contribution is -0.138. The van der Waals surface area contributed by atoms with Gasteiger partial charge in [0.25, 0.3) is 0 Å². The first-order valence-electron chi connectivity index (χ1n) is 7.04. The zero-order chi connectivity index (χ0) is 15.9. The number of nitrogens with two attached hydrogens (primary N) is 1. The molecule has 0 bridgehead atoms. The largest absolute Gasteiger partial charge is 0.490 e. The third-order valence-electron chi connectivity index (χ3n) is 3.14. The maximum atomic E-state index is 11.2. The van der Waals surface area contributed by atoms with Crippen molar-refractivity contribution in [2.24, 2.45) is 5.73 Å². The summed E-state index contributed by atoms with van der Waals surface area (Å²) in [4.78, 5) is 11.2. The number of para-hydroxylation sites is 1. The van der Waals surface area contributed by atoms with Gasteiger partial charge in [-0.25, -0.2) is 0 Å². The Balaban J connectivity index is 2.30. The van der Waals surface area contributed by atoms with Gasteiger partial charge in [-0.1, -0.05) is 42.5 Å². The molecule has 2 aromatic carbocycles. The van der Waals surface area contributed by atoms with Gasteiger partial charge in [-0.3, -0.25) is 4.79 Å². The number of hydrogen-bond donors (Lipinski definition) is 2. The van der Waals surface area contributed by atoms with Crippen molar-refractivity contribution in [1.82, 2.24) is 0 Å². The highest BCUT2D eigenvalue weighted by Gasteiger charge is 2.22. The lowest BCUT2D eigenvalue weighted by Gasteiger charge is -2.18. The number of carboxylic acids is 1. The lowest BCUT2D eigenvalue weighted by Crippen LogP contribution is -2.21. The van der Waals surface area contributed by atoms with Crippen LogP contribution in [0.4, 0.5) is 0 Å². The molecule has 0 radical (unpaired) electrons. The predicted octanol–water partition coefficient (Wildman–Crippen LogP) is 2.75. The van der Waals surface area contributed by atoms with E-state index in [1.165, 1.54) is 0 Å². The number of rotatable bonds is 7. The quantitative estimate of drug-likeness (QED) is 0.821. The topological polar surface area (TPSA) is 81.8 Å². The van der Waals surface area contributed by atoms with E-state index in [1.54, 1.807) is 18.2 Å². The Morgan fingerprint density at radius 3 is 2.50 bits per heavy atom. The van der Waals surface area contributed by atoms with Gasteiger partial charge in [0.15, 0.2) is 11.5 Å². The van der Waals surface area contributed by atoms with E-state index in [0.717, 1.165) is 5.56 Å². The molecule has 0 amide bonds. The molecule has 0 aliphatic rings. The minimum absolute atomic E-state index is 0.310. The fraction of sp³-hybridized carbons (Fsp3) is 0.235. The molecule has 1 unspecified atom stereocenters. The van der Waals surface area contributed by atoms with Crippen LogP contribution in [-0.2, 0) is 11.4 Å². The van der Waals surface area contributed by atoms with Crippen LogP contribution in [0, 0.1) is 0 Å². The Bertz CT molecular complexity index is 628. The molecular formula is C17H19NO4. The van der Waals surface area contributed by atoms with Crippen LogP contribution in [0.5, 0.6) is 11.5 Å². The van der Waals surface area contributed by atoms with E-state index < -0.39 is 12.0 Å². The number of aliphatic carboxylic acids is 1. The first kappa shape index (κ1) is 15.9. The van der Waals surface area contributed by atoms with Gasteiger partial charge < -0.3 is 20.3 Å². The molecule has 0 fully saturated rings. The normalized spacial score (nSPS) is 11.7. The molecule has 116 valence electrons. The molecule has 5 nitrogen and oxygen atoms in total. The number of carboxylic acid groups (broad SMARTS) is 1. The van der Waals surface area contributed by atoms with Gasteiger partial charge in [-0.2, -0.15) is 0 Å². The minimum atomic E-state index is -1.16. The Morgan fingerprint density at radius 1 is 1.14 bits per heavy atom. The maximum Gasteiger partial charge on any atom is 0.325 e. The number of hydrogen-bond acceptors (Lipinski definition) is 4. The van der Waals surface area contributed by atoms with Gasteiger partial charge in [0.1, 0.15) is 12.6 Å². The summed E-state index contributed by atoms with van der Waals surface area (Å²) in [6, 6.07) is 13.5. The summed E-state index contributed by atoms with van der Waals surface area (Å²) in [5.74, 6) is -0.242. The summed E-state index contributed by atoms with van der Waals surface area (Å²) in [5, 5.41) is 9.14. The highest BCUT2D eigenvalue weighted by Crippen LogP contribution is 2.35. The van der Waals surface area contributed by atoms with E-state index in [9.17, 15) is 4.79 Å². The summed E-state index contributed by atoms with van der Waals surface area (Å²) in [6.07, 6.45) is 0. The fourth-order valence-corrected chi connectivity index (χ4v) is 2.06. The molecule has 1 atom stereocenters. The highest BCUT2D eigenvalue weighted by molar-refractivity contribution is 5.77.